The summed E-state index contributed by atoms with van der Waals surface area (Å²) in [6.45, 7) is 29.8. The Balaban J connectivity index is -0.000000446. The van der Waals surface area contributed by atoms with Gasteiger partial charge in [-0.15, -0.1) is 19.7 Å². The van der Waals surface area contributed by atoms with Gasteiger partial charge in [0, 0.05) is 32.2 Å². The van der Waals surface area contributed by atoms with Crippen LogP contribution < -0.4 is 10.4 Å². The van der Waals surface area contributed by atoms with E-state index >= 15 is 0 Å². The molecule has 1 aliphatic heterocycles. The summed E-state index contributed by atoms with van der Waals surface area (Å²) in [6, 6.07) is 0. The lowest BCUT2D eigenvalue weighted by Gasteiger charge is -2.30. The highest BCUT2D eigenvalue weighted by Crippen LogP contribution is 2.17. The Labute approximate surface area is 733 Å². The van der Waals surface area contributed by atoms with E-state index in [1.165, 1.54) is 244 Å². The third kappa shape index (κ3) is 111. The fourth-order valence-electron chi connectivity index (χ4n) is 13.4. The van der Waals surface area contributed by atoms with Crippen molar-refractivity contribution in [1.29, 1.82) is 0 Å². The fraction of sp³-hybridized carbons (Fsp3) is 0.814. The van der Waals surface area contributed by atoms with Gasteiger partial charge in [-0.3, -0.25) is 23.9 Å². The number of quaternary nitrogens is 4. The highest BCUT2D eigenvalue weighted by molar-refractivity contribution is 5.78. The number of rotatable bonds is 75. The van der Waals surface area contributed by atoms with Crippen molar-refractivity contribution in [3.8, 4) is 0 Å². The van der Waals surface area contributed by atoms with Gasteiger partial charge in [0.25, 0.3) is 0 Å². The molecule has 0 aromatic carbocycles. The van der Waals surface area contributed by atoms with Crippen LogP contribution in [0.3, 0.4) is 0 Å². The number of nitrogens with one attached hydrogen (secondary N) is 1. The number of unbranched alkanes of at least 4 members (excludes halogenated alkanes) is 38. The number of amidine groups is 1. The molecule has 1 rings (SSSR count). The summed E-state index contributed by atoms with van der Waals surface area (Å²) in [4.78, 5) is 50.2. The van der Waals surface area contributed by atoms with Gasteiger partial charge in [0.05, 0.1) is 96.6 Å². The summed E-state index contributed by atoms with van der Waals surface area (Å²) in [5.41, 5.74) is 0. The van der Waals surface area contributed by atoms with E-state index in [-0.39, 0.29) is 29.0 Å². The van der Waals surface area contributed by atoms with Gasteiger partial charge < -0.3 is 43.0 Å². The molecule has 0 aromatic heterocycles. The maximum Gasteiger partial charge on any atom is 0.305 e. The molecule has 1 amide bonds. The molecule has 118 heavy (non-hydrogen) atoms. The van der Waals surface area contributed by atoms with Crippen LogP contribution in [-0.2, 0) is 28.7 Å². The molecule has 0 fully saturated rings. The molecular weight excluding hydrogens is 1470 g/mol. The molecule has 0 aromatic rings. The van der Waals surface area contributed by atoms with Crippen LogP contribution in [0.25, 0.3) is 0 Å². The van der Waals surface area contributed by atoms with E-state index in [0.717, 1.165) is 158 Å². The number of carboxylic acids is 1. The molecule has 0 saturated heterocycles. The monoisotopic (exact) mass is 1670 g/mol. The highest BCUT2D eigenvalue weighted by atomic mass is 16.5. The van der Waals surface area contributed by atoms with Crippen LogP contribution in [0.1, 0.15) is 374 Å². The van der Waals surface area contributed by atoms with E-state index in [2.05, 4.69) is 179 Å². The molecule has 0 saturated carbocycles. The number of hydrogen-bond acceptors (Lipinski definition) is 10. The van der Waals surface area contributed by atoms with Crippen molar-refractivity contribution in [3.63, 3.8) is 0 Å². The van der Waals surface area contributed by atoms with Crippen LogP contribution in [0.2, 0.25) is 0 Å². The van der Waals surface area contributed by atoms with E-state index in [0.29, 0.717) is 37.0 Å². The molecule has 0 bridgehead atoms. The lowest BCUT2D eigenvalue weighted by molar-refractivity contribution is -1.07. The smallest absolute Gasteiger partial charge is 0.305 e. The number of esters is 2. The zero-order valence-corrected chi connectivity index (χ0v) is 81.6. The number of carboxylic acid groups (broad SMARTS) is 1. The molecule has 0 spiro atoms. The maximum atomic E-state index is 12.1. The Morgan fingerprint density at radius 1 is 0.432 bits per heavy atom. The number of likely N-dealkylation sites (N-methyl/N-ethyl adjacent to an activating group) is 3. The number of allylic oxidation sites excluding steroid dienone is 11. The van der Waals surface area contributed by atoms with Gasteiger partial charge >= 0.3 is 11.9 Å². The Hall–Kier alpha value is -4.71. The van der Waals surface area contributed by atoms with Crippen molar-refractivity contribution in [1.82, 2.24) is 15.1 Å². The fourth-order valence-corrected chi connectivity index (χ4v) is 13.4. The molecule has 2 N–H and O–H groups in total. The number of carbonyl (C=O) groups is 4. The molecule has 0 atom stereocenters. The minimum atomic E-state index is -0.959. The Kier molecular flexibility index (Phi) is 94.5. The Morgan fingerprint density at radius 2 is 0.763 bits per heavy atom. The van der Waals surface area contributed by atoms with E-state index in [4.69, 9.17) is 9.47 Å². The number of aliphatic carboxylic acids is 1. The second kappa shape index (κ2) is 91.5. The molecule has 1 aliphatic rings. The van der Waals surface area contributed by atoms with Gasteiger partial charge in [-0.2, -0.15) is 4.65 Å². The first-order chi connectivity index (χ1) is 56.4. The van der Waals surface area contributed by atoms with Crippen molar-refractivity contribution in [2.75, 3.05) is 170 Å². The zero-order chi connectivity index (χ0) is 89.2. The summed E-state index contributed by atoms with van der Waals surface area (Å²) in [5.74, 6) is 0.632. The molecule has 0 unspecified atom stereocenters. The molecule has 16 nitrogen and oxygen atoms in total. The molecular formula is C102H202N8O8+4. The quantitative estimate of drug-likeness (QED) is 0.0150. The second-order valence-electron chi connectivity index (χ2n) is 36.7. The average Bonchev–Trinajstić information content (AvgIpc) is 1.72. The first-order valence-electron chi connectivity index (χ1n) is 48.6. The number of hydrogen-bond donors (Lipinski definition) is 2. The third-order valence-corrected chi connectivity index (χ3v) is 20.8. The van der Waals surface area contributed by atoms with Crippen molar-refractivity contribution in [3.05, 3.63) is 86.6 Å². The summed E-state index contributed by atoms with van der Waals surface area (Å²) >= 11 is 0. The van der Waals surface area contributed by atoms with Crippen LogP contribution >= 0.6 is 0 Å². The second-order valence-corrected chi connectivity index (χ2v) is 36.7. The SMILES string of the molecule is C=CCCCCCCCC[N+](C)(C)C.C=CCCCCCCCC[N+](C)(C)CC(=O)[O-].C=CCCCCCCCC[N+](C)(C)O.CC/C=C/CCCCCCCC(=O)NCCCN(C)C.CC/C=C/CCCCCCCC(=O)OCCN1CC[N+](C)=C1CCCCCCC/C=C/CC.CC/C=C/CCCCCCCC(=O)OCC[N+](C)(C)C. The molecule has 0 aliphatic carbocycles. The summed E-state index contributed by atoms with van der Waals surface area (Å²) in [5, 5.41) is 22.9. The Bertz CT molecular complexity index is 2360. The lowest BCUT2D eigenvalue weighted by Crippen LogP contribution is -2.48. The minimum absolute atomic E-state index is 0.0243. The van der Waals surface area contributed by atoms with Gasteiger partial charge in [0.2, 0.25) is 11.7 Å². The topological polar surface area (TPSA) is 152 Å². The normalized spacial score (nSPS) is 12.4. The Morgan fingerprint density at radius 3 is 1.12 bits per heavy atom. The van der Waals surface area contributed by atoms with Gasteiger partial charge in [-0.05, 0) is 207 Å². The number of amides is 1. The predicted octanol–water partition coefficient (Wildman–Crippen LogP) is 23.7. The van der Waals surface area contributed by atoms with Crippen molar-refractivity contribution < 1.29 is 61.6 Å². The average molecular weight is 1670 g/mol. The molecule has 0 radical (unpaired) electrons. The van der Waals surface area contributed by atoms with E-state index < -0.39 is 5.97 Å². The van der Waals surface area contributed by atoms with Crippen LogP contribution in [0.4, 0.5) is 0 Å². The first-order valence-corrected chi connectivity index (χ1v) is 48.6. The zero-order valence-electron chi connectivity index (χ0n) is 81.6. The molecule has 16 heteroatoms. The van der Waals surface area contributed by atoms with Crippen LogP contribution in [0, 0.1) is 0 Å². The molecule has 694 valence electrons. The van der Waals surface area contributed by atoms with Crippen molar-refractivity contribution >= 4 is 29.7 Å². The lowest BCUT2D eigenvalue weighted by atomic mass is 10.1. The predicted molar refractivity (Wildman–Crippen MR) is 512 cm³/mol. The van der Waals surface area contributed by atoms with Crippen molar-refractivity contribution in [2.45, 2.75) is 374 Å². The van der Waals surface area contributed by atoms with Crippen LogP contribution in [0.5, 0.6) is 0 Å². The summed E-state index contributed by atoms with van der Waals surface area (Å²) in [6.07, 6.45) is 88.6. The highest BCUT2D eigenvalue weighted by Gasteiger charge is 2.28. The first kappa shape index (κ1) is 122. The number of ether oxygens (including phenoxy) is 2. The van der Waals surface area contributed by atoms with E-state index in [9.17, 15) is 29.5 Å². The maximum absolute atomic E-state index is 12.1. The van der Waals surface area contributed by atoms with E-state index in [1.54, 1.807) is 0 Å². The van der Waals surface area contributed by atoms with Gasteiger partial charge in [0.1, 0.15) is 52.5 Å². The van der Waals surface area contributed by atoms with Crippen LogP contribution in [-0.4, -0.2) is 238 Å². The minimum Gasteiger partial charge on any atom is -0.544 e. The summed E-state index contributed by atoms with van der Waals surface area (Å²) < 4.78 is 15.7. The standard InChI is InChI=1S/C29H53N2O2.C17H34N2O.C17H34NO2.C14H27NO2.C13H28N.C12H26NO/c1-4-6-8-10-12-14-16-18-20-22-28-30(3)24-25-31(28)26-27-33-29(32)23-21-19-17-15-13-11-9-7-5-2;1-4-5-6-7-8-9-10-11-12-14-17(20)18-15-13-16-19(2)3;1-5-6-7-8-9-10-11-12-13-14-17(19)20-16-15-18(2,3)4;1-4-5-6-7-8-9-10-11-12-15(2,3)13-14(16)17;1-5-6-7-8-9-10-11-12-13-14(2,3)4;1-4-5-6-7-8-9-10-11-12-13(2,3)14/h6-9H,4-5,10-27H2,1-3H3;5-6H,4,7-16H2,1-3H3,(H,18,20);6-7H,5,8-16H2,1-4H3;4H,1,5-13H2,2-3H3;5H,1,6-13H2,2-4H3;4,14H,1,5-12H2,2-3H3/q+1;;+1;;2*+1/b8-6+,9-7+;6-5+;7-6+;;;. The van der Waals surface area contributed by atoms with E-state index in [1.807, 2.05) is 46.4 Å². The summed E-state index contributed by atoms with van der Waals surface area (Å²) in [7, 11) is 26.9. The van der Waals surface area contributed by atoms with Crippen LogP contribution in [0.15, 0.2) is 86.6 Å². The van der Waals surface area contributed by atoms with Crippen molar-refractivity contribution in [2.24, 2.45) is 0 Å². The number of nitrogens with zero attached hydrogens (tertiary/aromatic N) is 7. The molecule has 1 heterocycles. The number of carbonyl (C=O) groups excluding carboxylic acids is 4. The van der Waals surface area contributed by atoms with Gasteiger partial charge in [-0.25, -0.2) is 5.21 Å². The number of hydroxylamine groups is 3. The third-order valence-electron chi connectivity index (χ3n) is 20.8. The largest absolute Gasteiger partial charge is 0.544 e. The van der Waals surface area contributed by atoms with Gasteiger partial charge in [0.15, 0.2) is 0 Å². The van der Waals surface area contributed by atoms with Gasteiger partial charge in [-0.1, -0.05) is 229 Å².